The van der Waals surface area contributed by atoms with Gasteiger partial charge >= 0.3 is 0 Å². The first-order chi connectivity index (χ1) is 9.77. The van der Waals surface area contributed by atoms with Gasteiger partial charge in [0.2, 0.25) is 0 Å². The van der Waals surface area contributed by atoms with Crippen LogP contribution in [-0.2, 0) is 17.9 Å². The molecule has 2 aromatic rings. The summed E-state index contributed by atoms with van der Waals surface area (Å²) in [4.78, 5) is 0. The normalized spacial score (nSPS) is 10.9. The fourth-order valence-electron chi connectivity index (χ4n) is 1.77. The fourth-order valence-corrected chi connectivity index (χ4v) is 2.16. The highest BCUT2D eigenvalue weighted by Crippen LogP contribution is 2.25. The van der Waals surface area contributed by atoms with E-state index in [0.717, 1.165) is 24.3 Å². The van der Waals surface area contributed by atoms with Crippen LogP contribution in [0.15, 0.2) is 41.0 Å². The Labute approximate surface area is 128 Å². The van der Waals surface area contributed by atoms with Gasteiger partial charge in [0.05, 0.1) is 16.3 Å². The van der Waals surface area contributed by atoms with Crippen molar-refractivity contribution in [3.8, 4) is 0 Å². The smallest absolute Gasteiger partial charge is 0.129 e. The molecule has 0 aliphatic carbocycles. The second-order valence-corrected chi connectivity index (χ2v) is 5.16. The zero-order valence-corrected chi connectivity index (χ0v) is 12.6. The van der Waals surface area contributed by atoms with E-state index in [2.05, 4.69) is 5.32 Å². The van der Waals surface area contributed by atoms with Gasteiger partial charge in [-0.3, -0.25) is 0 Å². The third kappa shape index (κ3) is 4.84. The van der Waals surface area contributed by atoms with E-state index in [-0.39, 0.29) is 0 Å². The predicted octanol–water partition coefficient (Wildman–Crippen LogP) is 4.28. The van der Waals surface area contributed by atoms with Gasteiger partial charge in [0.15, 0.2) is 0 Å². The molecule has 0 bridgehead atoms. The molecule has 108 valence electrons. The lowest BCUT2D eigenvalue weighted by atomic mass is 10.2. The number of hydrogen-bond donors (Lipinski definition) is 1. The van der Waals surface area contributed by atoms with Crippen LogP contribution in [0, 0.1) is 0 Å². The fraction of sp³-hybridized carbons (Fsp3) is 0.333. The second kappa shape index (κ2) is 8.32. The van der Waals surface area contributed by atoms with Crippen molar-refractivity contribution in [2.45, 2.75) is 19.6 Å². The van der Waals surface area contributed by atoms with Crippen LogP contribution in [0.3, 0.4) is 0 Å². The van der Waals surface area contributed by atoms with Crippen LogP contribution in [0.1, 0.15) is 17.7 Å². The first kappa shape index (κ1) is 15.4. The Morgan fingerprint density at radius 1 is 1.15 bits per heavy atom. The lowest BCUT2D eigenvalue weighted by Crippen LogP contribution is -2.16. The highest BCUT2D eigenvalue weighted by atomic mass is 35.5. The molecular formula is C15H17Cl2NO2. The highest BCUT2D eigenvalue weighted by Gasteiger charge is 2.03. The maximum Gasteiger partial charge on any atom is 0.129 e. The van der Waals surface area contributed by atoms with Crippen molar-refractivity contribution in [3.63, 3.8) is 0 Å². The topological polar surface area (TPSA) is 34.4 Å². The van der Waals surface area contributed by atoms with Gasteiger partial charge < -0.3 is 14.5 Å². The van der Waals surface area contributed by atoms with Gasteiger partial charge in [-0.1, -0.05) is 35.3 Å². The van der Waals surface area contributed by atoms with Gasteiger partial charge in [0, 0.05) is 13.2 Å². The molecule has 2 rings (SSSR count). The van der Waals surface area contributed by atoms with E-state index in [4.69, 9.17) is 32.4 Å². The zero-order valence-electron chi connectivity index (χ0n) is 11.1. The Morgan fingerprint density at radius 2 is 2.05 bits per heavy atom. The standard InChI is InChI=1S/C15H17Cl2NO2/c16-14-6-1-4-12(15(14)17)10-18-7-3-8-19-11-13-5-2-9-20-13/h1-2,4-6,9,18H,3,7-8,10-11H2. The summed E-state index contributed by atoms with van der Waals surface area (Å²) in [5.41, 5.74) is 1.01. The molecule has 0 atom stereocenters. The summed E-state index contributed by atoms with van der Waals surface area (Å²) in [5, 5.41) is 4.53. The Kier molecular flexibility index (Phi) is 6.40. The van der Waals surface area contributed by atoms with Gasteiger partial charge in [-0.2, -0.15) is 0 Å². The molecule has 0 fully saturated rings. The van der Waals surface area contributed by atoms with Crippen molar-refractivity contribution in [2.75, 3.05) is 13.2 Å². The summed E-state index contributed by atoms with van der Waals surface area (Å²) in [5.74, 6) is 0.851. The summed E-state index contributed by atoms with van der Waals surface area (Å²) >= 11 is 12.1. The summed E-state index contributed by atoms with van der Waals surface area (Å²) in [6, 6.07) is 9.41. The van der Waals surface area contributed by atoms with Crippen LogP contribution in [0.25, 0.3) is 0 Å². The van der Waals surface area contributed by atoms with E-state index in [9.17, 15) is 0 Å². The van der Waals surface area contributed by atoms with E-state index in [1.807, 2.05) is 24.3 Å². The van der Waals surface area contributed by atoms with Gasteiger partial charge in [0.25, 0.3) is 0 Å². The molecule has 1 aromatic carbocycles. The Morgan fingerprint density at radius 3 is 2.85 bits per heavy atom. The van der Waals surface area contributed by atoms with Crippen LogP contribution in [0.5, 0.6) is 0 Å². The molecule has 0 radical (unpaired) electrons. The predicted molar refractivity (Wildman–Crippen MR) is 81.1 cm³/mol. The Hall–Kier alpha value is -1.00. The van der Waals surface area contributed by atoms with E-state index in [1.165, 1.54) is 0 Å². The Balaban J connectivity index is 1.56. The molecule has 5 heteroatoms. The average Bonchev–Trinajstić information content (AvgIpc) is 2.95. The monoisotopic (exact) mass is 313 g/mol. The summed E-state index contributed by atoms with van der Waals surface area (Å²) < 4.78 is 10.7. The number of rotatable bonds is 8. The van der Waals surface area contributed by atoms with E-state index in [1.54, 1.807) is 12.3 Å². The molecule has 1 aromatic heterocycles. The van der Waals surface area contributed by atoms with Crippen molar-refractivity contribution in [1.29, 1.82) is 0 Å². The SMILES string of the molecule is Clc1cccc(CNCCCOCc2ccco2)c1Cl. The number of ether oxygens (including phenoxy) is 1. The minimum Gasteiger partial charge on any atom is -0.467 e. The van der Waals surface area contributed by atoms with Gasteiger partial charge in [-0.05, 0) is 36.7 Å². The number of furan rings is 1. The van der Waals surface area contributed by atoms with E-state index in [0.29, 0.717) is 29.8 Å². The third-order valence-corrected chi connectivity index (χ3v) is 3.67. The number of nitrogens with one attached hydrogen (secondary N) is 1. The molecule has 1 heterocycles. The molecule has 0 unspecified atom stereocenters. The van der Waals surface area contributed by atoms with Crippen LogP contribution in [0.2, 0.25) is 10.0 Å². The van der Waals surface area contributed by atoms with Gasteiger partial charge in [-0.15, -0.1) is 0 Å². The lowest BCUT2D eigenvalue weighted by Gasteiger charge is -2.08. The molecule has 0 aliphatic rings. The van der Waals surface area contributed by atoms with Gasteiger partial charge in [0.1, 0.15) is 12.4 Å². The lowest BCUT2D eigenvalue weighted by molar-refractivity contribution is 0.104. The summed E-state index contributed by atoms with van der Waals surface area (Å²) in [6.45, 7) is 2.78. The summed E-state index contributed by atoms with van der Waals surface area (Å²) in [6.07, 6.45) is 2.58. The molecule has 20 heavy (non-hydrogen) atoms. The Bertz CT molecular complexity index is 515. The van der Waals surface area contributed by atoms with Crippen molar-refractivity contribution in [1.82, 2.24) is 5.32 Å². The van der Waals surface area contributed by atoms with E-state index < -0.39 is 0 Å². The van der Waals surface area contributed by atoms with Crippen LogP contribution >= 0.6 is 23.2 Å². The van der Waals surface area contributed by atoms with Crippen LogP contribution < -0.4 is 5.32 Å². The summed E-state index contributed by atoms with van der Waals surface area (Å²) in [7, 11) is 0. The molecular weight excluding hydrogens is 297 g/mol. The average molecular weight is 314 g/mol. The zero-order chi connectivity index (χ0) is 14.2. The first-order valence-corrected chi connectivity index (χ1v) is 7.26. The minimum absolute atomic E-state index is 0.521. The van der Waals surface area contributed by atoms with E-state index >= 15 is 0 Å². The van der Waals surface area contributed by atoms with Crippen molar-refractivity contribution >= 4 is 23.2 Å². The number of halogens is 2. The van der Waals surface area contributed by atoms with Crippen LogP contribution in [0.4, 0.5) is 0 Å². The molecule has 3 nitrogen and oxygen atoms in total. The quantitative estimate of drug-likeness (QED) is 0.738. The molecule has 0 saturated carbocycles. The van der Waals surface area contributed by atoms with Crippen LogP contribution in [-0.4, -0.2) is 13.2 Å². The number of benzene rings is 1. The van der Waals surface area contributed by atoms with Gasteiger partial charge in [-0.25, -0.2) is 0 Å². The number of hydrogen-bond acceptors (Lipinski definition) is 3. The third-order valence-electron chi connectivity index (χ3n) is 2.81. The molecule has 0 aliphatic heterocycles. The molecule has 1 N–H and O–H groups in total. The molecule has 0 saturated heterocycles. The highest BCUT2D eigenvalue weighted by molar-refractivity contribution is 6.42. The second-order valence-electron chi connectivity index (χ2n) is 4.38. The minimum atomic E-state index is 0.521. The maximum atomic E-state index is 6.11. The van der Waals surface area contributed by atoms with Crippen molar-refractivity contribution < 1.29 is 9.15 Å². The molecule has 0 spiro atoms. The van der Waals surface area contributed by atoms with Crippen molar-refractivity contribution in [3.05, 3.63) is 58.0 Å². The first-order valence-electron chi connectivity index (χ1n) is 6.51. The van der Waals surface area contributed by atoms with Crippen molar-refractivity contribution in [2.24, 2.45) is 0 Å². The molecule has 0 amide bonds. The largest absolute Gasteiger partial charge is 0.467 e. The maximum absolute atomic E-state index is 6.11.